The van der Waals surface area contributed by atoms with Gasteiger partial charge in [-0.2, -0.15) is 4.31 Å². The summed E-state index contributed by atoms with van der Waals surface area (Å²) < 4.78 is 29.0. The fourth-order valence-corrected chi connectivity index (χ4v) is 5.68. The SMILES string of the molecule is Cc1ccc([N+](=O)[O-])cc1S(=O)(=O)N1CCN(C(=O)c2cc(=O)n(C)c3ccccc23)CC1. The number of fused-ring (bicyclic) bond motifs is 1. The molecule has 0 aliphatic carbocycles. The first kappa shape index (κ1) is 22.6. The summed E-state index contributed by atoms with van der Waals surface area (Å²) in [5.41, 5.74) is 0.714. The van der Waals surface area contributed by atoms with Crippen molar-refractivity contribution in [3.8, 4) is 0 Å². The fraction of sp³-hybridized carbons (Fsp3) is 0.273. The number of amides is 1. The number of piperazine rings is 1. The second kappa shape index (κ2) is 8.41. The molecule has 0 unspecified atom stereocenters. The molecule has 4 rings (SSSR count). The average Bonchev–Trinajstić information content (AvgIpc) is 2.81. The molecular weight excluding hydrogens is 448 g/mol. The van der Waals surface area contributed by atoms with E-state index in [0.717, 1.165) is 6.07 Å². The van der Waals surface area contributed by atoms with E-state index in [2.05, 4.69) is 0 Å². The van der Waals surface area contributed by atoms with E-state index >= 15 is 0 Å². The average molecular weight is 471 g/mol. The zero-order valence-electron chi connectivity index (χ0n) is 18.1. The molecule has 3 aromatic rings. The van der Waals surface area contributed by atoms with Gasteiger partial charge in [-0.3, -0.25) is 19.7 Å². The Labute approximate surface area is 189 Å². The number of aromatic nitrogens is 1. The van der Waals surface area contributed by atoms with Crippen LogP contribution in [-0.4, -0.2) is 59.2 Å². The highest BCUT2D eigenvalue weighted by atomic mass is 32.2. The minimum Gasteiger partial charge on any atom is -0.336 e. The molecular formula is C22H22N4O6S. The Bertz CT molecular complexity index is 1440. The molecule has 33 heavy (non-hydrogen) atoms. The van der Waals surface area contributed by atoms with E-state index in [9.17, 15) is 28.1 Å². The summed E-state index contributed by atoms with van der Waals surface area (Å²) in [6, 6.07) is 12.2. The van der Waals surface area contributed by atoms with Gasteiger partial charge in [0.05, 0.1) is 20.9 Å². The monoisotopic (exact) mass is 470 g/mol. The van der Waals surface area contributed by atoms with E-state index in [1.165, 1.54) is 32.0 Å². The second-order valence-corrected chi connectivity index (χ2v) is 9.78. The first-order valence-electron chi connectivity index (χ1n) is 10.2. The van der Waals surface area contributed by atoms with Gasteiger partial charge in [0.2, 0.25) is 10.0 Å². The Morgan fingerprint density at radius 1 is 1.03 bits per heavy atom. The molecule has 1 aromatic heterocycles. The van der Waals surface area contributed by atoms with Crippen LogP contribution in [0, 0.1) is 17.0 Å². The molecule has 0 N–H and O–H groups in total. The summed E-state index contributed by atoms with van der Waals surface area (Å²) in [5, 5.41) is 11.7. The summed E-state index contributed by atoms with van der Waals surface area (Å²) in [6.45, 7) is 1.93. The van der Waals surface area contributed by atoms with Crippen molar-refractivity contribution in [3.63, 3.8) is 0 Å². The number of pyridine rings is 1. The molecule has 0 saturated carbocycles. The topological polar surface area (TPSA) is 123 Å². The lowest BCUT2D eigenvalue weighted by Crippen LogP contribution is -2.50. The van der Waals surface area contributed by atoms with Crippen LogP contribution < -0.4 is 5.56 Å². The van der Waals surface area contributed by atoms with E-state index < -0.39 is 14.9 Å². The zero-order valence-corrected chi connectivity index (χ0v) is 18.9. The van der Waals surface area contributed by atoms with E-state index in [1.807, 2.05) is 0 Å². The summed E-state index contributed by atoms with van der Waals surface area (Å²) in [4.78, 5) is 37.4. The van der Waals surface area contributed by atoms with Crippen LogP contribution in [0.4, 0.5) is 5.69 Å². The Kier molecular flexibility index (Phi) is 5.76. The van der Waals surface area contributed by atoms with Crippen molar-refractivity contribution in [2.75, 3.05) is 26.2 Å². The van der Waals surface area contributed by atoms with Crippen LogP contribution in [0.5, 0.6) is 0 Å². The molecule has 1 aliphatic rings. The molecule has 1 saturated heterocycles. The lowest BCUT2D eigenvalue weighted by atomic mass is 10.1. The van der Waals surface area contributed by atoms with Crippen molar-refractivity contribution in [2.24, 2.45) is 7.05 Å². The van der Waals surface area contributed by atoms with Crippen molar-refractivity contribution in [3.05, 3.63) is 80.1 Å². The van der Waals surface area contributed by atoms with Gasteiger partial charge in [-0.25, -0.2) is 8.42 Å². The number of nitro benzene ring substituents is 1. The number of hydrogen-bond acceptors (Lipinski definition) is 6. The van der Waals surface area contributed by atoms with Crippen molar-refractivity contribution in [1.29, 1.82) is 0 Å². The maximum atomic E-state index is 13.2. The van der Waals surface area contributed by atoms with Gasteiger partial charge in [-0.05, 0) is 18.6 Å². The van der Waals surface area contributed by atoms with Crippen molar-refractivity contribution in [2.45, 2.75) is 11.8 Å². The van der Waals surface area contributed by atoms with E-state index in [1.54, 1.807) is 38.2 Å². The predicted molar refractivity (Wildman–Crippen MR) is 122 cm³/mol. The molecule has 2 aromatic carbocycles. The molecule has 1 amide bonds. The highest BCUT2D eigenvalue weighted by molar-refractivity contribution is 7.89. The summed E-state index contributed by atoms with van der Waals surface area (Å²) in [6.07, 6.45) is 0. The molecule has 172 valence electrons. The first-order valence-corrected chi connectivity index (χ1v) is 11.7. The molecule has 0 bridgehead atoms. The number of nitrogens with zero attached hydrogens (tertiary/aromatic N) is 4. The van der Waals surface area contributed by atoms with Gasteiger partial charge in [0.1, 0.15) is 0 Å². The van der Waals surface area contributed by atoms with Crippen molar-refractivity contribution < 1.29 is 18.1 Å². The molecule has 1 aliphatic heterocycles. The third-order valence-electron chi connectivity index (χ3n) is 5.91. The van der Waals surface area contributed by atoms with Gasteiger partial charge in [0, 0.05) is 56.8 Å². The zero-order chi connectivity index (χ0) is 23.9. The predicted octanol–water partition coefficient (Wildman–Crippen LogP) is 1.90. The van der Waals surface area contributed by atoms with Gasteiger partial charge in [-0.1, -0.05) is 24.3 Å². The third kappa shape index (κ3) is 4.00. The number of para-hydroxylation sites is 1. The number of non-ortho nitro benzene ring substituents is 1. The lowest BCUT2D eigenvalue weighted by molar-refractivity contribution is -0.385. The van der Waals surface area contributed by atoms with Gasteiger partial charge in [-0.15, -0.1) is 0 Å². The Morgan fingerprint density at radius 3 is 2.36 bits per heavy atom. The van der Waals surface area contributed by atoms with Gasteiger partial charge >= 0.3 is 0 Å². The Hall–Kier alpha value is -3.57. The maximum Gasteiger partial charge on any atom is 0.270 e. The van der Waals surface area contributed by atoms with Gasteiger partial charge in [0.25, 0.3) is 17.2 Å². The second-order valence-electron chi connectivity index (χ2n) is 7.88. The minimum atomic E-state index is -3.97. The third-order valence-corrected chi connectivity index (χ3v) is 7.95. The highest BCUT2D eigenvalue weighted by Crippen LogP contribution is 2.26. The highest BCUT2D eigenvalue weighted by Gasteiger charge is 2.32. The van der Waals surface area contributed by atoms with Crippen LogP contribution in [0.25, 0.3) is 10.9 Å². The molecule has 0 radical (unpaired) electrons. The number of aryl methyl sites for hydroxylation is 2. The largest absolute Gasteiger partial charge is 0.336 e. The number of sulfonamides is 1. The molecule has 11 heteroatoms. The first-order chi connectivity index (χ1) is 15.6. The van der Waals surface area contributed by atoms with Crippen molar-refractivity contribution in [1.82, 2.24) is 13.8 Å². The van der Waals surface area contributed by atoms with Crippen LogP contribution in [-0.2, 0) is 17.1 Å². The fourth-order valence-electron chi connectivity index (χ4n) is 4.01. The van der Waals surface area contributed by atoms with Gasteiger partial charge in [0.15, 0.2) is 0 Å². The van der Waals surface area contributed by atoms with E-state index in [4.69, 9.17) is 0 Å². The molecule has 0 spiro atoms. The standard InChI is InChI=1S/C22H22N4O6S/c1-15-7-8-16(26(29)30)13-20(15)33(31,32)25-11-9-24(10-12-25)22(28)18-14-21(27)23(2)19-6-4-3-5-17(18)19/h3-8,13-14H,9-12H2,1-2H3. The quantitative estimate of drug-likeness (QED) is 0.424. The number of carbonyl (C=O) groups excluding carboxylic acids is 1. The molecule has 10 nitrogen and oxygen atoms in total. The van der Waals surface area contributed by atoms with E-state index in [0.29, 0.717) is 16.5 Å². The number of nitro groups is 1. The smallest absolute Gasteiger partial charge is 0.270 e. The number of benzene rings is 2. The Morgan fingerprint density at radius 2 is 1.70 bits per heavy atom. The maximum absolute atomic E-state index is 13.2. The van der Waals surface area contributed by atoms with Crippen LogP contribution in [0.3, 0.4) is 0 Å². The molecule has 2 heterocycles. The van der Waals surface area contributed by atoms with Gasteiger partial charge < -0.3 is 9.47 Å². The minimum absolute atomic E-state index is 0.0407. The van der Waals surface area contributed by atoms with Crippen LogP contribution in [0.1, 0.15) is 15.9 Å². The molecule has 1 fully saturated rings. The van der Waals surface area contributed by atoms with Crippen LogP contribution in [0.15, 0.2) is 58.2 Å². The lowest BCUT2D eigenvalue weighted by Gasteiger charge is -2.34. The normalized spacial score (nSPS) is 15.0. The van der Waals surface area contributed by atoms with Crippen LogP contribution >= 0.6 is 0 Å². The van der Waals surface area contributed by atoms with Crippen LogP contribution in [0.2, 0.25) is 0 Å². The summed E-state index contributed by atoms with van der Waals surface area (Å²) >= 11 is 0. The number of hydrogen-bond donors (Lipinski definition) is 0. The van der Waals surface area contributed by atoms with Crippen molar-refractivity contribution >= 4 is 32.5 Å². The number of rotatable bonds is 4. The Balaban J connectivity index is 1.58. The summed E-state index contributed by atoms with van der Waals surface area (Å²) in [5.74, 6) is -0.340. The summed E-state index contributed by atoms with van der Waals surface area (Å²) in [7, 11) is -2.33. The molecule has 0 atom stereocenters. The number of carbonyl (C=O) groups is 1. The van der Waals surface area contributed by atoms with E-state index in [-0.39, 0.29) is 53.8 Å².